The minimum absolute atomic E-state index is 0.195. The fraction of sp³-hybridized carbons (Fsp3) is 0.412. The van der Waals surface area contributed by atoms with Crippen molar-refractivity contribution in [2.75, 3.05) is 36.5 Å². The van der Waals surface area contributed by atoms with Crippen LogP contribution in [0.5, 0.6) is 0 Å². The van der Waals surface area contributed by atoms with Gasteiger partial charge in [0.25, 0.3) is 0 Å². The number of imidazole rings is 1. The Balaban J connectivity index is 1.45. The summed E-state index contributed by atoms with van der Waals surface area (Å²) in [7, 11) is 0. The second-order valence-electron chi connectivity index (χ2n) is 6.07. The molecule has 4 rings (SSSR count). The number of nitrogens with one attached hydrogen (secondary N) is 1. The van der Waals surface area contributed by atoms with Gasteiger partial charge in [-0.15, -0.1) is 5.10 Å². The van der Waals surface area contributed by atoms with Gasteiger partial charge < -0.3 is 15.0 Å². The lowest BCUT2D eigenvalue weighted by molar-refractivity contribution is 0.122. The van der Waals surface area contributed by atoms with Crippen molar-refractivity contribution in [3.05, 3.63) is 41.7 Å². The third-order valence-corrected chi connectivity index (χ3v) is 5.13. The second-order valence-corrected chi connectivity index (χ2v) is 7.03. The van der Waals surface area contributed by atoms with Gasteiger partial charge >= 0.3 is 0 Å². The summed E-state index contributed by atoms with van der Waals surface area (Å²) < 4.78 is 7.24. The molecule has 1 atom stereocenters. The Labute approximate surface area is 145 Å². The number of rotatable bonds is 4. The van der Waals surface area contributed by atoms with Crippen molar-refractivity contribution in [3.63, 3.8) is 0 Å². The summed E-state index contributed by atoms with van der Waals surface area (Å²) in [6, 6.07) is 8.95. The normalized spacial score (nSPS) is 16.5. The zero-order valence-electron chi connectivity index (χ0n) is 13.9. The number of hydrogen-bond donors (Lipinski definition) is 1. The van der Waals surface area contributed by atoms with Crippen molar-refractivity contribution < 1.29 is 4.74 Å². The number of aromatic nitrogens is 3. The lowest BCUT2D eigenvalue weighted by Gasteiger charge is -2.29. The molecule has 0 unspecified atom stereocenters. The first-order chi connectivity index (χ1) is 11.7. The van der Waals surface area contributed by atoms with E-state index < -0.39 is 0 Å². The smallest absolute Gasteiger partial charge is 0.214 e. The van der Waals surface area contributed by atoms with E-state index in [1.54, 1.807) is 11.3 Å². The molecule has 1 fully saturated rings. The summed E-state index contributed by atoms with van der Waals surface area (Å²) in [6.07, 6.45) is 1.94. The van der Waals surface area contributed by atoms with Crippen molar-refractivity contribution in [3.8, 4) is 0 Å². The summed E-state index contributed by atoms with van der Waals surface area (Å²) >= 11 is 1.57. The van der Waals surface area contributed by atoms with Crippen molar-refractivity contribution in [2.45, 2.75) is 19.9 Å². The average molecular weight is 343 g/mol. The molecule has 1 aliphatic rings. The summed E-state index contributed by atoms with van der Waals surface area (Å²) in [4.78, 5) is 7.73. The highest BCUT2D eigenvalue weighted by molar-refractivity contribution is 7.20. The Morgan fingerprint density at radius 3 is 2.67 bits per heavy atom. The molecule has 24 heavy (non-hydrogen) atoms. The first-order valence-corrected chi connectivity index (χ1v) is 9.03. The maximum absolute atomic E-state index is 5.41. The molecule has 0 radical (unpaired) electrons. The van der Waals surface area contributed by atoms with Gasteiger partial charge in [-0.3, -0.25) is 0 Å². The lowest BCUT2D eigenvalue weighted by Crippen LogP contribution is -2.36. The molecule has 1 aliphatic heterocycles. The number of ether oxygens (including phenoxy) is 1. The summed E-state index contributed by atoms with van der Waals surface area (Å²) in [5.74, 6) is 0. The van der Waals surface area contributed by atoms with Crippen molar-refractivity contribution in [2.24, 2.45) is 0 Å². The number of fused-ring (bicyclic) bond motifs is 1. The molecule has 7 heteroatoms. The minimum Gasteiger partial charge on any atom is -0.378 e. The molecule has 1 aromatic carbocycles. The van der Waals surface area contributed by atoms with Crippen LogP contribution in [-0.2, 0) is 4.74 Å². The van der Waals surface area contributed by atoms with Gasteiger partial charge in [0.05, 0.1) is 31.1 Å². The molecule has 6 nitrogen and oxygen atoms in total. The van der Waals surface area contributed by atoms with E-state index in [2.05, 4.69) is 51.5 Å². The maximum Gasteiger partial charge on any atom is 0.214 e. The molecule has 1 N–H and O–H groups in total. The summed E-state index contributed by atoms with van der Waals surface area (Å²) in [6.45, 7) is 7.68. The molecule has 2 aromatic heterocycles. The van der Waals surface area contributed by atoms with Crippen LogP contribution in [0.2, 0.25) is 0 Å². The first kappa shape index (κ1) is 15.4. The highest BCUT2D eigenvalue weighted by Gasteiger charge is 2.13. The van der Waals surface area contributed by atoms with Gasteiger partial charge in [0, 0.05) is 18.8 Å². The molecule has 3 heterocycles. The monoisotopic (exact) mass is 343 g/mol. The number of nitrogens with zero attached hydrogens (tertiary/aromatic N) is 4. The van der Waals surface area contributed by atoms with Crippen LogP contribution >= 0.6 is 11.3 Å². The van der Waals surface area contributed by atoms with Crippen LogP contribution in [0, 0.1) is 6.92 Å². The van der Waals surface area contributed by atoms with E-state index >= 15 is 0 Å². The fourth-order valence-corrected chi connectivity index (χ4v) is 3.85. The fourth-order valence-electron chi connectivity index (χ4n) is 2.93. The Bertz CT molecular complexity index is 788. The quantitative estimate of drug-likeness (QED) is 0.789. The largest absolute Gasteiger partial charge is 0.378 e. The number of anilines is 2. The van der Waals surface area contributed by atoms with Crippen LogP contribution in [0.4, 0.5) is 10.8 Å². The van der Waals surface area contributed by atoms with Gasteiger partial charge in [0.15, 0.2) is 0 Å². The van der Waals surface area contributed by atoms with E-state index in [9.17, 15) is 0 Å². The van der Waals surface area contributed by atoms with E-state index in [1.807, 2.05) is 17.6 Å². The predicted molar refractivity (Wildman–Crippen MR) is 97.1 cm³/mol. The maximum atomic E-state index is 5.41. The first-order valence-electron chi connectivity index (χ1n) is 8.21. The van der Waals surface area contributed by atoms with Gasteiger partial charge in [-0.05, 0) is 31.5 Å². The molecule has 0 bridgehead atoms. The summed E-state index contributed by atoms with van der Waals surface area (Å²) in [5, 5.41) is 8.89. The molecule has 0 amide bonds. The zero-order valence-corrected chi connectivity index (χ0v) is 14.7. The predicted octanol–water partition coefficient (Wildman–Crippen LogP) is 3.11. The SMILES string of the molecule is Cc1cn2nc(N[C@H](C)c3ccc(N4CCOCC4)cc3)sc2n1. The molecule has 1 saturated heterocycles. The Hall–Kier alpha value is -2.12. The molecule has 0 spiro atoms. The minimum atomic E-state index is 0.195. The van der Waals surface area contributed by atoms with Crippen LogP contribution < -0.4 is 10.2 Å². The van der Waals surface area contributed by atoms with Crippen LogP contribution in [-0.4, -0.2) is 40.9 Å². The van der Waals surface area contributed by atoms with Gasteiger partial charge in [-0.1, -0.05) is 23.5 Å². The Kier molecular flexibility index (Phi) is 4.12. The third-order valence-electron chi connectivity index (χ3n) is 4.27. The van der Waals surface area contributed by atoms with Gasteiger partial charge in [-0.2, -0.15) is 0 Å². The van der Waals surface area contributed by atoms with E-state index in [4.69, 9.17) is 4.74 Å². The van der Waals surface area contributed by atoms with Crippen LogP contribution in [0.1, 0.15) is 24.2 Å². The van der Waals surface area contributed by atoms with Crippen molar-refractivity contribution in [1.29, 1.82) is 0 Å². The zero-order chi connectivity index (χ0) is 16.5. The number of morpholine rings is 1. The van der Waals surface area contributed by atoms with E-state index in [-0.39, 0.29) is 6.04 Å². The van der Waals surface area contributed by atoms with Gasteiger partial charge in [0.2, 0.25) is 10.1 Å². The molecule has 3 aromatic rings. The van der Waals surface area contributed by atoms with E-state index in [1.165, 1.54) is 11.3 Å². The Morgan fingerprint density at radius 2 is 1.96 bits per heavy atom. The molecular formula is C17H21N5OS. The number of aryl methyl sites for hydroxylation is 1. The highest BCUT2D eigenvalue weighted by atomic mass is 32.1. The molecule has 0 aliphatic carbocycles. The topological polar surface area (TPSA) is 54.7 Å². The Morgan fingerprint density at radius 1 is 1.21 bits per heavy atom. The van der Waals surface area contributed by atoms with Crippen LogP contribution in [0.15, 0.2) is 30.5 Å². The molecule has 0 saturated carbocycles. The average Bonchev–Trinajstić information content (AvgIpc) is 3.12. The van der Waals surface area contributed by atoms with Gasteiger partial charge in [0.1, 0.15) is 0 Å². The molecular weight excluding hydrogens is 322 g/mol. The number of hydrogen-bond acceptors (Lipinski definition) is 6. The van der Waals surface area contributed by atoms with Gasteiger partial charge in [-0.25, -0.2) is 9.50 Å². The van der Waals surface area contributed by atoms with E-state index in [0.29, 0.717) is 0 Å². The highest BCUT2D eigenvalue weighted by Crippen LogP contribution is 2.26. The lowest BCUT2D eigenvalue weighted by atomic mass is 10.1. The van der Waals surface area contributed by atoms with Crippen molar-refractivity contribution in [1.82, 2.24) is 14.6 Å². The van der Waals surface area contributed by atoms with Crippen molar-refractivity contribution >= 4 is 27.1 Å². The molecule has 126 valence electrons. The van der Waals surface area contributed by atoms with Crippen LogP contribution in [0.25, 0.3) is 4.96 Å². The van der Waals surface area contributed by atoms with E-state index in [0.717, 1.165) is 42.1 Å². The standard InChI is InChI=1S/C17H21N5OS/c1-12-11-22-17(18-12)24-16(20-22)19-13(2)14-3-5-15(6-4-14)21-7-9-23-10-8-21/h3-6,11,13H,7-10H2,1-2H3,(H,19,20)/t13-/m1/s1. The third kappa shape index (κ3) is 3.09. The second kappa shape index (κ2) is 6.41. The summed E-state index contributed by atoms with van der Waals surface area (Å²) in [5.41, 5.74) is 3.50. The van der Waals surface area contributed by atoms with Crippen LogP contribution in [0.3, 0.4) is 0 Å². The number of benzene rings is 1.